The molecule has 2 aromatic carbocycles. The molecule has 4 aromatic rings. The second-order valence-electron chi connectivity index (χ2n) is 9.30. The summed E-state index contributed by atoms with van der Waals surface area (Å²) in [7, 11) is 0. The maximum Gasteiger partial charge on any atom is 0.174 e. The fourth-order valence-electron chi connectivity index (χ4n) is 5.46. The van der Waals surface area contributed by atoms with Gasteiger partial charge >= 0.3 is 0 Å². The van der Waals surface area contributed by atoms with Crippen molar-refractivity contribution >= 4 is 28.7 Å². The quantitative estimate of drug-likeness (QED) is 0.280. The Bertz CT molecular complexity index is 1400. The van der Waals surface area contributed by atoms with E-state index in [-0.39, 0.29) is 17.9 Å². The van der Waals surface area contributed by atoms with Crippen LogP contribution in [0.25, 0.3) is 5.69 Å². The van der Waals surface area contributed by atoms with Crippen LogP contribution < -0.4 is 15.1 Å². The lowest BCUT2D eigenvalue weighted by Crippen LogP contribution is -2.30. The summed E-state index contributed by atoms with van der Waals surface area (Å²) in [6.45, 7) is 10.5. The van der Waals surface area contributed by atoms with E-state index in [1.165, 1.54) is 11.8 Å². The van der Waals surface area contributed by atoms with Crippen LogP contribution in [-0.4, -0.2) is 27.8 Å². The molecule has 0 radical (unpaired) electrons. The fourth-order valence-corrected chi connectivity index (χ4v) is 5.80. The highest BCUT2D eigenvalue weighted by molar-refractivity contribution is 7.80. The standard InChI is InChI=1S/C30H32FN5S/c1-5-34(6-2)22-14-16-23(17-15-22)35-20(3)19-24(21(35)4)29-28(26-12-9-10-18-32-26)33-30(37)36(29)27-13-8-7-11-25(27)31/h7-19,28-29H,5-6H2,1-4H3,(H,33,37)/t28-,29-/m1/s1. The Labute approximate surface area is 223 Å². The van der Waals surface area contributed by atoms with Gasteiger partial charge < -0.3 is 19.7 Å². The summed E-state index contributed by atoms with van der Waals surface area (Å²) < 4.78 is 17.4. The maximum atomic E-state index is 15.1. The van der Waals surface area contributed by atoms with Crippen molar-refractivity contribution in [2.75, 3.05) is 22.9 Å². The maximum absolute atomic E-state index is 15.1. The number of pyridine rings is 1. The lowest BCUT2D eigenvalue weighted by molar-refractivity contribution is 0.556. The molecule has 0 bridgehead atoms. The average Bonchev–Trinajstić information content (AvgIpc) is 3.41. The van der Waals surface area contributed by atoms with Gasteiger partial charge in [-0.25, -0.2) is 4.39 Å². The SMILES string of the molecule is CCN(CC)c1ccc(-n2c(C)cc([C@@H]3[C@@H](c4ccccn4)NC(=S)N3c3ccccc3F)c2C)cc1. The van der Waals surface area contributed by atoms with E-state index < -0.39 is 0 Å². The van der Waals surface area contributed by atoms with Crippen molar-refractivity contribution in [1.82, 2.24) is 14.9 Å². The lowest BCUT2D eigenvalue weighted by atomic mass is 9.96. The average molecular weight is 514 g/mol. The number of aryl methyl sites for hydroxylation is 1. The Balaban J connectivity index is 1.62. The first-order valence-electron chi connectivity index (χ1n) is 12.7. The molecule has 2 atom stereocenters. The van der Waals surface area contributed by atoms with Crippen LogP contribution in [-0.2, 0) is 0 Å². The number of thiocarbonyl (C=S) groups is 1. The van der Waals surface area contributed by atoms with Gasteiger partial charge in [0, 0.05) is 42.0 Å². The number of benzene rings is 2. The van der Waals surface area contributed by atoms with Gasteiger partial charge in [-0.2, -0.15) is 0 Å². The molecule has 5 rings (SSSR count). The van der Waals surface area contributed by atoms with E-state index in [9.17, 15) is 0 Å². The number of nitrogens with one attached hydrogen (secondary N) is 1. The number of hydrogen-bond donors (Lipinski definition) is 1. The van der Waals surface area contributed by atoms with Crippen LogP contribution in [0, 0.1) is 19.7 Å². The summed E-state index contributed by atoms with van der Waals surface area (Å²) >= 11 is 5.78. The molecule has 0 saturated carbocycles. The summed E-state index contributed by atoms with van der Waals surface area (Å²) in [5.41, 5.74) is 6.90. The van der Waals surface area contributed by atoms with Gasteiger partial charge in [0.05, 0.1) is 23.5 Å². The number of anilines is 2. The third-order valence-corrected chi connectivity index (χ3v) is 7.55. The van der Waals surface area contributed by atoms with E-state index in [0.717, 1.165) is 41.4 Å². The highest BCUT2D eigenvalue weighted by Crippen LogP contribution is 2.44. The first-order chi connectivity index (χ1) is 17.9. The molecule has 190 valence electrons. The molecule has 5 nitrogen and oxygen atoms in total. The van der Waals surface area contributed by atoms with E-state index in [2.05, 4.69) is 77.8 Å². The van der Waals surface area contributed by atoms with Gasteiger partial charge in [0.1, 0.15) is 5.82 Å². The van der Waals surface area contributed by atoms with Gasteiger partial charge in [-0.15, -0.1) is 0 Å². The monoisotopic (exact) mass is 513 g/mol. The molecule has 1 fully saturated rings. The molecule has 0 spiro atoms. The minimum atomic E-state index is -0.306. The predicted octanol–water partition coefficient (Wildman–Crippen LogP) is 6.65. The normalized spacial score (nSPS) is 17.2. The zero-order valence-corrected chi connectivity index (χ0v) is 22.5. The Morgan fingerprint density at radius 3 is 2.32 bits per heavy atom. The van der Waals surface area contributed by atoms with Gasteiger partial charge in [0.25, 0.3) is 0 Å². The van der Waals surface area contributed by atoms with E-state index in [0.29, 0.717) is 10.8 Å². The van der Waals surface area contributed by atoms with Crippen molar-refractivity contribution in [2.24, 2.45) is 0 Å². The van der Waals surface area contributed by atoms with Crippen LogP contribution in [0.5, 0.6) is 0 Å². The predicted molar refractivity (Wildman–Crippen MR) is 153 cm³/mol. The van der Waals surface area contributed by atoms with Gasteiger partial charge in [-0.3, -0.25) is 4.98 Å². The highest BCUT2D eigenvalue weighted by atomic mass is 32.1. The zero-order valence-electron chi connectivity index (χ0n) is 21.6. The minimum absolute atomic E-state index is 0.229. The van der Waals surface area contributed by atoms with E-state index in [4.69, 9.17) is 12.2 Å². The molecule has 1 aliphatic rings. The summed E-state index contributed by atoms with van der Waals surface area (Å²) in [6, 6.07) is 23.0. The Morgan fingerprint density at radius 2 is 1.68 bits per heavy atom. The molecule has 37 heavy (non-hydrogen) atoms. The molecule has 0 aliphatic carbocycles. The highest BCUT2D eigenvalue weighted by Gasteiger charge is 2.43. The van der Waals surface area contributed by atoms with E-state index >= 15 is 4.39 Å². The molecule has 1 saturated heterocycles. The Morgan fingerprint density at radius 1 is 0.973 bits per heavy atom. The first-order valence-corrected chi connectivity index (χ1v) is 13.1. The van der Waals surface area contributed by atoms with Crippen LogP contribution in [0.3, 0.4) is 0 Å². The third-order valence-electron chi connectivity index (χ3n) is 7.24. The van der Waals surface area contributed by atoms with Crippen molar-refractivity contribution < 1.29 is 4.39 Å². The molecule has 0 unspecified atom stereocenters. The van der Waals surface area contributed by atoms with Crippen molar-refractivity contribution in [3.63, 3.8) is 0 Å². The van der Waals surface area contributed by atoms with Crippen molar-refractivity contribution in [3.8, 4) is 5.69 Å². The van der Waals surface area contributed by atoms with E-state index in [1.54, 1.807) is 18.3 Å². The lowest BCUT2D eigenvalue weighted by Gasteiger charge is -2.28. The smallest absolute Gasteiger partial charge is 0.174 e. The van der Waals surface area contributed by atoms with Crippen LogP contribution in [0.15, 0.2) is 79.0 Å². The van der Waals surface area contributed by atoms with Crippen LogP contribution in [0.1, 0.15) is 48.6 Å². The van der Waals surface area contributed by atoms with Gasteiger partial charge in [-0.1, -0.05) is 18.2 Å². The third kappa shape index (κ3) is 4.48. The molecule has 3 heterocycles. The fraction of sp³-hybridized carbons (Fsp3) is 0.267. The number of rotatable bonds is 7. The summed E-state index contributed by atoms with van der Waals surface area (Å²) in [4.78, 5) is 8.86. The molecular weight excluding hydrogens is 481 g/mol. The van der Waals surface area contributed by atoms with Crippen molar-refractivity contribution in [1.29, 1.82) is 0 Å². The molecule has 0 amide bonds. The number of nitrogens with zero attached hydrogens (tertiary/aromatic N) is 4. The largest absolute Gasteiger partial charge is 0.372 e. The van der Waals surface area contributed by atoms with Gasteiger partial charge in [0.15, 0.2) is 5.11 Å². The molecule has 1 N–H and O–H groups in total. The number of aromatic nitrogens is 2. The number of para-hydroxylation sites is 1. The molecule has 2 aromatic heterocycles. The van der Waals surface area contributed by atoms with Crippen LogP contribution in [0.2, 0.25) is 0 Å². The minimum Gasteiger partial charge on any atom is -0.372 e. The van der Waals surface area contributed by atoms with Crippen molar-refractivity contribution in [3.05, 3.63) is 107 Å². The molecule has 1 aliphatic heterocycles. The topological polar surface area (TPSA) is 36.3 Å². The molecule has 7 heteroatoms. The van der Waals surface area contributed by atoms with Gasteiger partial charge in [-0.05, 0) is 100 Å². The Hall–Kier alpha value is -3.71. The molecular formula is C30H32FN5S. The number of halogens is 1. The van der Waals surface area contributed by atoms with Crippen LogP contribution in [0.4, 0.5) is 15.8 Å². The Kier molecular flexibility index (Phi) is 6.98. The first kappa shape index (κ1) is 25.0. The van der Waals surface area contributed by atoms with Gasteiger partial charge in [0.2, 0.25) is 0 Å². The summed E-state index contributed by atoms with van der Waals surface area (Å²) in [5, 5.41) is 3.92. The zero-order chi connectivity index (χ0) is 26.1. The summed E-state index contributed by atoms with van der Waals surface area (Å²) in [5.74, 6) is -0.306. The summed E-state index contributed by atoms with van der Waals surface area (Å²) in [6.07, 6.45) is 1.78. The van der Waals surface area contributed by atoms with E-state index in [1.807, 2.05) is 29.2 Å². The van der Waals surface area contributed by atoms with Crippen molar-refractivity contribution in [2.45, 2.75) is 39.8 Å². The number of hydrogen-bond acceptors (Lipinski definition) is 3. The van der Waals surface area contributed by atoms with Crippen LogP contribution >= 0.6 is 12.2 Å². The second-order valence-corrected chi connectivity index (χ2v) is 9.69. The second kappa shape index (κ2) is 10.3.